The first-order chi connectivity index (χ1) is 8.20. The van der Waals surface area contributed by atoms with Crippen molar-refractivity contribution in [2.75, 3.05) is 24.6 Å². The molecule has 0 amide bonds. The summed E-state index contributed by atoms with van der Waals surface area (Å²) in [5, 5.41) is 0. The lowest BCUT2D eigenvalue weighted by atomic mass is 10.1. The predicted molar refractivity (Wildman–Crippen MR) is 66.9 cm³/mol. The van der Waals surface area contributed by atoms with Gasteiger partial charge in [-0.25, -0.2) is 5.90 Å². The van der Waals surface area contributed by atoms with Gasteiger partial charge in [0.2, 0.25) is 0 Å². The van der Waals surface area contributed by atoms with Crippen LogP contribution in [-0.4, -0.2) is 25.5 Å². The molecule has 0 aliphatic carbocycles. The molecular weight excluding hydrogens is 216 g/mol. The quantitative estimate of drug-likeness (QED) is 0.635. The van der Waals surface area contributed by atoms with Crippen LogP contribution in [0.5, 0.6) is 0 Å². The molecule has 0 bridgehead atoms. The third kappa shape index (κ3) is 2.84. The maximum absolute atomic E-state index is 11.3. The van der Waals surface area contributed by atoms with Crippen LogP contribution >= 0.6 is 0 Å². The molecule has 0 aromatic heterocycles. The number of benzene rings is 1. The molecule has 1 atom stereocenters. The average molecular weight is 234 g/mol. The molecule has 1 aromatic rings. The third-order valence-electron chi connectivity index (χ3n) is 3.24. The van der Waals surface area contributed by atoms with Gasteiger partial charge in [-0.15, -0.1) is 0 Å². The van der Waals surface area contributed by atoms with Gasteiger partial charge >= 0.3 is 0 Å². The van der Waals surface area contributed by atoms with Gasteiger partial charge in [-0.1, -0.05) is 12.1 Å². The summed E-state index contributed by atoms with van der Waals surface area (Å²) in [5.41, 5.74) is 1.87. The van der Waals surface area contributed by atoms with E-state index >= 15 is 0 Å². The van der Waals surface area contributed by atoms with Crippen LogP contribution in [0.1, 0.15) is 23.7 Å². The van der Waals surface area contributed by atoms with E-state index < -0.39 is 0 Å². The van der Waals surface area contributed by atoms with Gasteiger partial charge in [0, 0.05) is 30.3 Å². The Labute approximate surface area is 101 Å². The second-order valence-electron chi connectivity index (χ2n) is 4.54. The Bertz CT molecular complexity index is 406. The number of hydrogen-bond acceptors (Lipinski definition) is 4. The summed E-state index contributed by atoms with van der Waals surface area (Å²) in [7, 11) is 0. The number of anilines is 1. The minimum Gasteiger partial charge on any atom is -0.371 e. The summed E-state index contributed by atoms with van der Waals surface area (Å²) < 4.78 is 0. The van der Waals surface area contributed by atoms with E-state index in [2.05, 4.69) is 4.90 Å². The van der Waals surface area contributed by atoms with Crippen molar-refractivity contribution >= 4 is 11.5 Å². The van der Waals surface area contributed by atoms with Crippen molar-refractivity contribution in [3.63, 3.8) is 0 Å². The van der Waals surface area contributed by atoms with E-state index in [1.807, 2.05) is 24.3 Å². The van der Waals surface area contributed by atoms with E-state index in [-0.39, 0.29) is 5.78 Å². The standard InChI is InChI=1S/C13H18N2O2/c1-10(16)12-3-2-4-13(7-12)15-6-5-11(8-15)9-17-14/h2-4,7,11H,5-6,8-9,14H2,1H3. The van der Waals surface area contributed by atoms with Crippen LogP contribution in [-0.2, 0) is 4.84 Å². The minimum absolute atomic E-state index is 0.105. The molecule has 2 rings (SSSR count). The molecule has 4 nitrogen and oxygen atoms in total. The highest BCUT2D eigenvalue weighted by Gasteiger charge is 2.22. The molecule has 1 heterocycles. The highest BCUT2D eigenvalue weighted by Crippen LogP contribution is 2.24. The molecule has 1 aliphatic heterocycles. The van der Waals surface area contributed by atoms with Crippen molar-refractivity contribution in [3.8, 4) is 0 Å². The summed E-state index contributed by atoms with van der Waals surface area (Å²) in [5.74, 6) is 5.68. The average Bonchev–Trinajstić information content (AvgIpc) is 2.78. The first kappa shape index (κ1) is 12.1. The largest absolute Gasteiger partial charge is 0.371 e. The van der Waals surface area contributed by atoms with E-state index in [1.165, 1.54) is 0 Å². The first-order valence-corrected chi connectivity index (χ1v) is 5.88. The molecule has 1 aliphatic rings. The van der Waals surface area contributed by atoms with Gasteiger partial charge in [-0.2, -0.15) is 0 Å². The first-order valence-electron chi connectivity index (χ1n) is 5.88. The molecule has 1 fully saturated rings. The molecule has 1 aromatic carbocycles. The molecule has 92 valence electrons. The summed E-state index contributed by atoms with van der Waals surface area (Å²) in [4.78, 5) is 18.3. The number of carbonyl (C=O) groups is 1. The second kappa shape index (κ2) is 5.29. The van der Waals surface area contributed by atoms with Crippen molar-refractivity contribution in [1.82, 2.24) is 0 Å². The molecular formula is C13H18N2O2. The van der Waals surface area contributed by atoms with E-state index in [4.69, 9.17) is 10.7 Å². The molecule has 1 unspecified atom stereocenters. The Kier molecular flexibility index (Phi) is 3.76. The molecule has 1 saturated heterocycles. The van der Waals surface area contributed by atoms with Crippen LogP contribution in [0.3, 0.4) is 0 Å². The Morgan fingerprint density at radius 1 is 1.59 bits per heavy atom. The van der Waals surface area contributed by atoms with Gasteiger partial charge in [0.1, 0.15) is 0 Å². The molecule has 0 radical (unpaired) electrons. The molecule has 17 heavy (non-hydrogen) atoms. The normalized spacial score (nSPS) is 19.6. The zero-order chi connectivity index (χ0) is 12.3. The fraction of sp³-hybridized carbons (Fsp3) is 0.462. The number of nitrogens with two attached hydrogens (primary N) is 1. The number of ketones is 1. The Balaban J connectivity index is 2.08. The zero-order valence-electron chi connectivity index (χ0n) is 10.1. The van der Waals surface area contributed by atoms with Gasteiger partial charge in [0.05, 0.1) is 6.61 Å². The van der Waals surface area contributed by atoms with E-state index in [9.17, 15) is 4.79 Å². The second-order valence-corrected chi connectivity index (χ2v) is 4.54. The lowest BCUT2D eigenvalue weighted by molar-refractivity contribution is 0.101. The Morgan fingerprint density at radius 2 is 2.41 bits per heavy atom. The topological polar surface area (TPSA) is 55.6 Å². The molecule has 0 spiro atoms. The summed E-state index contributed by atoms with van der Waals surface area (Å²) in [6, 6.07) is 7.77. The lowest BCUT2D eigenvalue weighted by Crippen LogP contribution is -2.22. The van der Waals surface area contributed by atoms with Gasteiger partial charge < -0.3 is 9.74 Å². The number of Topliss-reactive ketones (excluding diaryl/α,β-unsaturated/α-hetero) is 1. The maximum atomic E-state index is 11.3. The fourth-order valence-corrected chi connectivity index (χ4v) is 2.26. The SMILES string of the molecule is CC(=O)c1cccc(N2CCC(CON)C2)c1. The number of rotatable bonds is 4. The van der Waals surface area contributed by atoms with Gasteiger partial charge in [0.15, 0.2) is 5.78 Å². The van der Waals surface area contributed by atoms with Crippen LogP contribution in [0.25, 0.3) is 0 Å². The van der Waals surface area contributed by atoms with Crippen molar-refractivity contribution in [2.45, 2.75) is 13.3 Å². The Hall–Kier alpha value is -1.39. The van der Waals surface area contributed by atoms with E-state index in [1.54, 1.807) is 6.92 Å². The highest BCUT2D eigenvalue weighted by atomic mass is 16.6. The van der Waals surface area contributed by atoms with Crippen molar-refractivity contribution in [2.24, 2.45) is 11.8 Å². The summed E-state index contributed by atoms with van der Waals surface area (Å²) in [6.45, 7) is 4.13. The molecule has 0 saturated carbocycles. The van der Waals surface area contributed by atoms with Crippen LogP contribution in [0.15, 0.2) is 24.3 Å². The van der Waals surface area contributed by atoms with Gasteiger partial charge in [-0.3, -0.25) is 4.79 Å². The number of hydrogen-bond donors (Lipinski definition) is 1. The molecule has 2 N–H and O–H groups in total. The summed E-state index contributed by atoms with van der Waals surface area (Å²) >= 11 is 0. The van der Waals surface area contributed by atoms with Crippen molar-refractivity contribution < 1.29 is 9.63 Å². The minimum atomic E-state index is 0.105. The molecule has 4 heteroatoms. The van der Waals surface area contributed by atoms with Crippen LogP contribution in [0.4, 0.5) is 5.69 Å². The van der Waals surface area contributed by atoms with Crippen LogP contribution in [0.2, 0.25) is 0 Å². The smallest absolute Gasteiger partial charge is 0.159 e. The van der Waals surface area contributed by atoms with E-state index in [0.717, 1.165) is 30.8 Å². The highest BCUT2D eigenvalue weighted by molar-refractivity contribution is 5.94. The Morgan fingerprint density at radius 3 is 3.12 bits per heavy atom. The number of nitrogens with zero attached hydrogens (tertiary/aromatic N) is 1. The van der Waals surface area contributed by atoms with Crippen LogP contribution < -0.4 is 10.8 Å². The fourth-order valence-electron chi connectivity index (χ4n) is 2.26. The summed E-state index contributed by atoms with van der Waals surface area (Å²) in [6.07, 6.45) is 1.08. The predicted octanol–water partition coefficient (Wildman–Crippen LogP) is 1.61. The number of carbonyl (C=O) groups excluding carboxylic acids is 1. The van der Waals surface area contributed by atoms with Gasteiger partial charge in [0.25, 0.3) is 0 Å². The van der Waals surface area contributed by atoms with Crippen molar-refractivity contribution in [1.29, 1.82) is 0 Å². The third-order valence-corrected chi connectivity index (χ3v) is 3.24. The maximum Gasteiger partial charge on any atom is 0.159 e. The van der Waals surface area contributed by atoms with E-state index in [0.29, 0.717) is 12.5 Å². The van der Waals surface area contributed by atoms with Gasteiger partial charge in [-0.05, 0) is 25.5 Å². The van der Waals surface area contributed by atoms with Crippen molar-refractivity contribution in [3.05, 3.63) is 29.8 Å². The monoisotopic (exact) mass is 234 g/mol. The lowest BCUT2D eigenvalue weighted by Gasteiger charge is -2.19. The zero-order valence-corrected chi connectivity index (χ0v) is 10.1. The van der Waals surface area contributed by atoms with Crippen LogP contribution in [0, 0.1) is 5.92 Å².